The number of benzene rings is 4. The zero-order valence-corrected chi connectivity index (χ0v) is 32.1. The maximum absolute atomic E-state index is 12.7. The smallest absolute Gasteiger partial charge is 0.456 e. The summed E-state index contributed by atoms with van der Waals surface area (Å²) in [5, 5.41) is 3.81. The summed E-state index contributed by atoms with van der Waals surface area (Å²) in [5.74, 6) is -12.5. The largest absolute Gasteiger partial charge is 0.482 e. The molecule has 0 heterocycles. The number of halogens is 10. The first-order valence-electron chi connectivity index (χ1n) is 17.7. The third-order valence-corrected chi connectivity index (χ3v) is 9.55. The Bertz CT molecular complexity index is 1990. The Morgan fingerprint density at radius 1 is 0.526 bits per heavy atom. The van der Waals surface area contributed by atoms with Gasteiger partial charge >= 0.3 is 36.1 Å². The van der Waals surface area contributed by atoms with Crippen molar-refractivity contribution in [3.8, 4) is 5.75 Å². The van der Waals surface area contributed by atoms with Crippen molar-refractivity contribution in [2.75, 3.05) is 26.4 Å². The van der Waals surface area contributed by atoms with Gasteiger partial charge in [0.1, 0.15) is 12.4 Å². The van der Waals surface area contributed by atoms with Gasteiger partial charge in [-0.05, 0) is 80.1 Å². The first kappa shape index (κ1) is 46.8. The van der Waals surface area contributed by atoms with E-state index in [9.17, 15) is 53.5 Å². The van der Waals surface area contributed by atoms with Crippen LogP contribution in [0.2, 0.25) is 0 Å². The second-order valence-corrected chi connectivity index (χ2v) is 14.6. The molecule has 4 rings (SSSR count). The van der Waals surface area contributed by atoms with Crippen molar-refractivity contribution < 1.29 is 72.4 Å². The van der Waals surface area contributed by atoms with E-state index < -0.39 is 62.6 Å². The average molecular weight is 823 g/mol. The van der Waals surface area contributed by atoms with E-state index in [0.717, 1.165) is 39.9 Å². The summed E-state index contributed by atoms with van der Waals surface area (Å²) >= 11 is 0. The molecule has 0 amide bonds. The van der Waals surface area contributed by atoms with Crippen molar-refractivity contribution in [1.82, 2.24) is 0 Å². The summed E-state index contributed by atoms with van der Waals surface area (Å²) < 4.78 is 141. The molecule has 0 radical (unpaired) electrons. The molecule has 0 N–H and O–H groups in total. The van der Waals surface area contributed by atoms with Gasteiger partial charge in [0, 0.05) is 0 Å². The van der Waals surface area contributed by atoms with E-state index >= 15 is 0 Å². The number of carbonyl (C=O) groups excluding carboxylic acids is 2. The minimum Gasteiger partial charge on any atom is -0.482 e. The van der Waals surface area contributed by atoms with Crippen molar-refractivity contribution >= 4 is 33.5 Å². The molecule has 0 aliphatic heterocycles. The fourth-order valence-electron chi connectivity index (χ4n) is 4.93. The molecule has 0 spiro atoms. The summed E-state index contributed by atoms with van der Waals surface area (Å²) in [4.78, 5) is 22.7. The third kappa shape index (κ3) is 13.0. The molecule has 0 saturated heterocycles. The van der Waals surface area contributed by atoms with Crippen molar-refractivity contribution in [2.24, 2.45) is 0 Å². The Morgan fingerprint density at radius 3 is 1.39 bits per heavy atom. The van der Waals surface area contributed by atoms with Crippen molar-refractivity contribution in [2.45, 2.75) is 96.0 Å². The second-order valence-electron chi connectivity index (χ2n) is 14.6. The van der Waals surface area contributed by atoms with Gasteiger partial charge in [-0.25, -0.2) is 9.59 Å². The Kier molecular flexibility index (Phi) is 15.0. The quantitative estimate of drug-likeness (QED) is 0.0878. The Hall–Kier alpha value is -4.60. The highest BCUT2D eigenvalue weighted by atomic mass is 19.4. The highest BCUT2D eigenvalue weighted by Gasteiger charge is 2.59. The minimum atomic E-state index is -5.78. The lowest BCUT2D eigenvalue weighted by molar-refractivity contribution is -0.294. The number of esters is 2. The fourth-order valence-corrected chi connectivity index (χ4v) is 4.93. The maximum Gasteiger partial charge on any atom is 0.456 e. The summed E-state index contributed by atoms with van der Waals surface area (Å²) in [7, 11) is 0. The SMILES string of the molecule is CCC(C)(C)c1ccc2cc(COCC(=O)OCC(F)(F)C(F)(F)F)ccc2c1.CCC(C)(C)c1ccc2cc(OCC(=O)OCC(F)(F)C(F)(F)F)ccc2c1. The van der Waals surface area contributed by atoms with Crippen LogP contribution in [0.3, 0.4) is 0 Å². The zero-order valence-electron chi connectivity index (χ0n) is 32.1. The lowest BCUT2D eigenvalue weighted by Crippen LogP contribution is -2.41. The van der Waals surface area contributed by atoms with Crippen LogP contribution in [0.4, 0.5) is 43.9 Å². The highest BCUT2D eigenvalue weighted by molar-refractivity contribution is 5.85. The van der Waals surface area contributed by atoms with Gasteiger partial charge in [0.05, 0.1) is 6.61 Å². The van der Waals surface area contributed by atoms with Crippen LogP contribution < -0.4 is 4.74 Å². The molecular weight excluding hydrogens is 778 g/mol. The molecule has 0 bridgehead atoms. The van der Waals surface area contributed by atoms with Crippen LogP contribution in [0.5, 0.6) is 5.75 Å². The standard InChI is InChI=1S/C21H23F5O3.C20H21F5O3/c1-4-19(2,3)17-8-7-15-9-14(5-6-16(15)10-17)11-28-12-18(27)29-13-20(22,23)21(24,25)26;1-4-18(2,3)15-7-5-14-10-16(8-6-13(14)9-15)27-11-17(26)28-12-19(21,22)20(23,24)25/h5-10H,4,11-13H2,1-3H3;5-10H,4,11-12H2,1-3H3. The van der Waals surface area contributed by atoms with Gasteiger partial charge in [-0.3, -0.25) is 0 Å². The van der Waals surface area contributed by atoms with Crippen LogP contribution in [0.15, 0.2) is 72.8 Å². The van der Waals surface area contributed by atoms with Crippen LogP contribution >= 0.6 is 0 Å². The van der Waals surface area contributed by atoms with Crippen LogP contribution in [0, 0.1) is 0 Å². The van der Waals surface area contributed by atoms with E-state index in [2.05, 4.69) is 69.2 Å². The van der Waals surface area contributed by atoms with E-state index in [0.29, 0.717) is 0 Å². The molecule has 6 nitrogen and oxygen atoms in total. The molecule has 0 aliphatic carbocycles. The number of rotatable bonds is 15. The van der Waals surface area contributed by atoms with Crippen LogP contribution in [-0.4, -0.2) is 62.6 Å². The van der Waals surface area contributed by atoms with Gasteiger partial charge in [0.2, 0.25) is 0 Å². The molecule has 16 heteroatoms. The second kappa shape index (κ2) is 18.3. The lowest BCUT2D eigenvalue weighted by Gasteiger charge is -2.23. The van der Waals surface area contributed by atoms with Gasteiger partial charge in [-0.2, -0.15) is 43.9 Å². The first-order valence-corrected chi connectivity index (χ1v) is 17.7. The van der Waals surface area contributed by atoms with E-state index in [1.54, 1.807) is 24.3 Å². The molecule has 0 aliphatic rings. The molecule has 4 aromatic carbocycles. The lowest BCUT2D eigenvalue weighted by atomic mass is 9.81. The topological polar surface area (TPSA) is 71.1 Å². The summed E-state index contributed by atoms with van der Waals surface area (Å²) in [6.45, 7) is 7.18. The van der Waals surface area contributed by atoms with Crippen LogP contribution in [0.1, 0.15) is 71.1 Å². The number of hydrogen-bond acceptors (Lipinski definition) is 6. The number of carbonyl (C=O) groups is 2. The molecule has 0 saturated carbocycles. The predicted octanol–water partition coefficient (Wildman–Crippen LogP) is 11.4. The third-order valence-electron chi connectivity index (χ3n) is 9.55. The van der Waals surface area contributed by atoms with E-state index in [1.807, 2.05) is 30.3 Å². The summed E-state index contributed by atoms with van der Waals surface area (Å²) in [6.07, 6.45) is -9.59. The number of hydrogen-bond donors (Lipinski definition) is 0. The van der Waals surface area contributed by atoms with Gasteiger partial charge in [-0.15, -0.1) is 0 Å². The van der Waals surface area contributed by atoms with Gasteiger partial charge < -0.3 is 18.9 Å². The van der Waals surface area contributed by atoms with Gasteiger partial charge in [-0.1, -0.05) is 96.1 Å². The highest BCUT2D eigenvalue weighted by Crippen LogP contribution is 2.37. The van der Waals surface area contributed by atoms with E-state index in [1.165, 1.54) is 11.1 Å². The number of ether oxygens (including phenoxy) is 4. The normalized spacial score (nSPS) is 12.9. The average Bonchev–Trinajstić information content (AvgIpc) is 3.14. The molecule has 57 heavy (non-hydrogen) atoms. The molecule has 0 fully saturated rings. The molecule has 0 unspecified atom stereocenters. The van der Waals surface area contributed by atoms with Crippen LogP contribution in [-0.2, 0) is 41.2 Å². The summed E-state index contributed by atoms with van der Waals surface area (Å²) in [6, 6.07) is 22.7. The van der Waals surface area contributed by atoms with Gasteiger partial charge in [0.25, 0.3) is 0 Å². The van der Waals surface area contributed by atoms with Crippen molar-refractivity contribution in [1.29, 1.82) is 0 Å². The van der Waals surface area contributed by atoms with E-state index in [-0.39, 0.29) is 23.2 Å². The first-order chi connectivity index (χ1) is 26.2. The maximum atomic E-state index is 12.7. The Balaban J connectivity index is 0.000000306. The molecular formula is C41H44F10O6. The fraction of sp³-hybridized carbons (Fsp3) is 0.463. The Morgan fingerprint density at radius 2 is 0.930 bits per heavy atom. The predicted molar refractivity (Wildman–Crippen MR) is 194 cm³/mol. The van der Waals surface area contributed by atoms with Crippen LogP contribution in [0.25, 0.3) is 21.5 Å². The number of alkyl halides is 10. The van der Waals surface area contributed by atoms with Gasteiger partial charge in [0.15, 0.2) is 19.8 Å². The minimum absolute atomic E-state index is 0.0110. The molecule has 0 atom stereocenters. The molecule has 0 aromatic heterocycles. The number of fused-ring (bicyclic) bond motifs is 2. The zero-order chi connectivity index (χ0) is 43.0. The van der Waals surface area contributed by atoms with E-state index in [4.69, 9.17) is 9.47 Å². The van der Waals surface area contributed by atoms with Crippen molar-refractivity contribution in [3.05, 3.63) is 89.5 Å². The molecule has 4 aromatic rings. The monoisotopic (exact) mass is 822 g/mol. The van der Waals surface area contributed by atoms with Crippen molar-refractivity contribution in [3.63, 3.8) is 0 Å². The summed E-state index contributed by atoms with van der Waals surface area (Å²) in [5.41, 5.74) is 3.19. The Labute approximate surface area is 323 Å². The molecule has 314 valence electrons.